The molecule has 0 bridgehead atoms. The summed E-state index contributed by atoms with van der Waals surface area (Å²) in [6.45, 7) is -0.327. The van der Waals surface area contributed by atoms with Gasteiger partial charge in [-0.1, -0.05) is 11.6 Å². The number of aliphatic carboxylic acids is 1. The van der Waals surface area contributed by atoms with Gasteiger partial charge in [-0.3, -0.25) is 4.98 Å². The highest BCUT2D eigenvalue weighted by Gasteiger charge is 2.30. The molecule has 0 aliphatic carbocycles. The highest BCUT2D eigenvalue weighted by Crippen LogP contribution is 2.29. The normalized spacial score (nSPS) is 10.4. The van der Waals surface area contributed by atoms with Crippen LogP contribution < -0.4 is 9.47 Å². The Kier molecular flexibility index (Phi) is 7.31. The summed E-state index contributed by atoms with van der Waals surface area (Å²) in [6, 6.07) is 7.55. The lowest BCUT2D eigenvalue weighted by atomic mass is 10.3. The second-order valence-electron chi connectivity index (χ2n) is 4.25. The molecule has 1 aromatic carbocycles. The Morgan fingerprint density at radius 1 is 1.21 bits per heavy atom. The molecule has 0 saturated heterocycles. The molecule has 0 unspecified atom stereocenters. The van der Waals surface area contributed by atoms with Crippen LogP contribution in [0, 0.1) is 0 Å². The third-order valence-corrected chi connectivity index (χ3v) is 2.66. The number of rotatable bonds is 4. The first kappa shape index (κ1) is 19.6. The molecule has 0 radical (unpaired) electrons. The number of carboxylic acids is 1. The molecule has 0 saturated carbocycles. The van der Waals surface area contributed by atoms with E-state index in [1.807, 2.05) is 0 Å². The molecule has 0 aliphatic heterocycles. The van der Waals surface area contributed by atoms with Crippen molar-refractivity contribution in [3.8, 4) is 11.5 Å². The number of halogens is 4. The second kappa shape index (κ2) is 8.97. The van der Waals surface area contributed by atoms with Gasteiger partial charge in [-0.2, -0.15) is 13.2 Å². The maximum atomic E-state index is 11.9. The van der Waals surface area contributed by atoms with E-state index in [0.29, 0.717) is 11.5 Å². The van der Waals surface area contributed by atoms with E-state index < -0.39 is 17.7 Å². The summed E-state index contributed by atoms with van der Waals surface area (Å²) in [4.78, 5) is 13.4. The molecular weight excluding hydrogens is 351 g/mol. The fraction of sp³-hybridized carbons (Fsp3) is 0.200. The number of hydrogen-bond acceptors (Lipinski definition) is 4. The summed E-state index contributed by atoms with van der Waals surface area (Å²) in [5.74, 6) is 0.238. The first-order chi connectivity index (χ1) is 11.2. The first-order valence-electron chi connectivity index (χ1n) is 6.38. The number of alkyl halides is 3. The fourth-order valence-corrected chi connectivity index (χ4v) is 1.56. The Labute approximate surface area is 140 Å². The summed E-state index contributed by atoms with van der Waals surface area (Å²) in [6.07, 6.45) is -2.49. The zero-order valence-corrected chi connectivity index (χ0v) is 13.1. The molecule has 130 valence electrons. The molecule has 2 rings (SSSR count). The van der Waals surface area contributed by atoms with Gasteiger partial charge in [0, 0.05) is 12.4 Å². The zero-order chi connectivity index (χ0) is 18.2. The Balaban J connectivity index is 0.000000243. The van der Waals surface area contributed by atoms with E-state index in [2.05, 4.69) is 4.98 Å². The predicted octanol–water partition coefficient (Wildman–Crippen LogP) is 3.91. The molecule has 0 fully saturated rings. The minimum Gasteiger partial charge on any atom is -0.497 e. The standard InChI is InChI=1S/C9H10O4.C6H3ClF3N/c1-12-7-2-4-8(5-3-7)13-6-9(10)11;7-5-1-4(2-11-3-5)6(8,9)10/h2-5H,6H2,1H3,(H,10,11);1-3H. The number of benzene rings is 1. The van der Waals surface area contributed by atoms with E-state index in [0.717, 1.165) is 18.5 Å². The Morgan fingerprint density at radius 3 is 2.21 bits per heavy atom. The van der Waals surface area contributed by atoms with Crippen molar-refractivity contribution in [2.75, 3.05) is 13.7 Å². The van der Waals surface area contributed by atoms with Crippen LogP contribution in [0.15, 0.2) is 42.7 Å². The summed E-state index contributed by atoms with van der Waals surface area (Å²) in [5, 5.41) is 8.31. The van der Waals surface area contributed by atoms with Gasteiger partial charge in [-0.05, 0) is 30.3 Å². The van der Waals surface area contributed by atoms with E-state index in [9.17, 15) is 18.0 Å². The smallest absolute Gasteiger partial charge is 0.417 e. The van der Waals surface area contributed by atoms with E-state index in [1.165, 1.54) is 0 Å². The molecule has 0 amide bonds. The molecule has 24 heavy (non-hydrogen) atoms. The van der Waals surface area contributed by atoms with Crippen LogP contribution in [0.2, 0.25) is 5.02 Å². The van der Waals surface area contributed by atoms with Crippen LogP contribution in [0.1, 0.15) is 5.56 Å². The van der Waals surface area contributed by atoms with Gasteiger partial charge in [0.1, 0.15) is 11.5 Å². The van der Waals surface area contributed by atoms with Crippen molar-refractivity contribution in [2.24, 2.45) is 0 Å². The number of aromatic nitrogens is 1. The van der Waals surface area contributed by atoms with Gasteiger partial charge < -0.3 is 14.6 Å². The second-order valence-corrected chi connectivity index (χ2v) is 4.68. The number of ether oxygens (including phenoxy) is 2. The van der Waals surface area contributed by atoms with Crippen LogP contribution in [0.5, 0.6) is 11.5 Å². The minimum atomic E-state index is -4.36. The van der Waals surface area contributed by atoms with Crippen molar-refractivity contribution in [3.63, 3.8) is 0 Å². The quantitative estimate of drug-likeness (QED) is 0.891. The molecule has 0 spiro atoms. The number of nitrogens with zero attached hydrogens (tertiary/aromatic N) is 1. The third kappa shape index (κ3) is 7.19. The molecule has 0 aliphatic rings. The van der Waals surface area contributed by atoms with Crippen molar-refractivity contribution in [2.45, 2.75) is 6.18 Å². The van der Waals surface area contributed by atoms with Crippen molar-refractivity contribution < 1.29 is 32.5 Å². The van der Waals surface area contributed by atoms with Crippen molar-refractivity contribution >= 4 is 17.6 Å². The fourth-order valence-electron chi connectivity index (χ4n) is 1.38. The van der Waals surface area contributed by atoms with Crippen LogP contribution in [-0.4, -0.2) is 29.8 Å². The maximum absolute atomic E-state index is 11.9. The van der Waals surface area contributed by atoms with Crippen molar-refractivity contribution in [1.29, 1.82) is 0 Å². The molecule has 1 N–H and O–H groups in total. The van der Waals surface area contributed by atoms with Crippen molar-refractivity contribution in [3.05, 3.63) is 53.3 Å². The lowest BCUT2D eigenvalue weighted by Gasteiger charge is -2.04. The molecule has 1 aromatic heterocycles. The molecule has 0 atom stereocenters. The summed E-state index contributed by atoms with van der Waals surface area (Å²) < 4.78 is 45.4. The van der Waals surface area contributed by atoms with Gasteiger partial charge in [0.05, 0.1) is 17.7 Å². The lowest BCUT2D eigenvalue weighted by molar-refractivity contribution is -0.139. The van der Waals surface area contributed by atoms with Crippen LogP contribution in [0.25, 0.3) is 0 Å². The average Bonchev–Trinajstić information content (AvgIpc) is 2.53. The van der Waals surface area contributed by atoms with Gasteiger partial charge >= 0.3 is 12.1 Å². The number of pyridine rings is 1. The van der Waals surface area contributed by atoms with Gasteiger partial charge in [-0.15, -0.1) is 0 Å². The molecule has 9 heteroatoms. The van der Waals surface area contributed by atoms with E-state index >= 15 is 0 Å². The maximum Gasteiger partial charge on any atom is 0.417 e. The highest BCUT2D eigenvalue weighted by atomic mass is 35.5. The molecule has 5 nitrogen and oxygen atoms in total. The van der Waals surface area contributed by atoms with E-state index in [-0.39, 0.29) is 11.6 Å². The number of carboxylic acid groups (broad SMARTS) is 1. The summed E-state index contributed by atoms with van der Waals surface area (Å²) in [5.41, 5.74) is -0.829. The molecule has 2 aromatic rings. The van der Waals surface area contributed by atoms with Gasteiger partial charge in [0.2, 0.25) is 0 Å². The first-order valence-corrected chi connectivity index (χ1v) is 6.76. The largest absolute Gasteiger partial charge is 0.497 e. The third-order valence-electron chi connectivity index (χ3n) is 2.45. The predicted molar refractivity (Wildman–Crippen MR) is 80.4 cm³/mol. The number of methoxy groups -OCH3 is 1. The Hall–Kier alpha value is -2.48. The van der Waals surface area contributed by atoms with E-state index in [4.69, 9.17) is 26.2 Å². The average molecular weight is 364 g/mol. The topological polar surface area (TPSA) is 68.7 Å². The van der Waals surface area contributed by atoms with Crippen LogP contribution in [0.3, 0.4) is 0 Å². The van der Waals surface area contributed by atoms with Gasteiger partial charge in [0.15, 0.2) is 6.61 Å². The minimum absolute atomic E-state index is 0.0141. The van der Waals surface area contributed by atoms with Crippen molar-refractivity contribution in [1.82, 2.24) is 4.98 Å². The van der Waals surface area contributed by atoms with Gasteiger partial charge in [-0.25, -0.2) is 4.79 Å². The van der Waals surface area contributed by atoms with Gasteiger partial charge in [0.25, 0.3) is 0 Å². The van der Waals surface area contributed by atoms with Crippen LogP contribution >= 0.6 is 11.6 Å². The van der Waals surface area contributed by atoms with Crippen LogP contribution in [0.4, 0.5) is 13.2 Å². The van der Waals surface area contributed by atoms with E-state index in [1.54, 1.807) is 31.4 Å². The highest BCUT2D eigenvalue weighted by molar-refractivity contribution is 6.30. The number of hydrogen-bond donors (Lipinski definition) is 1. The Morgan fingerprint density at radius 2 is 1.79 bits per heavy atom. The number of carbonyl (C=O) groups is 1. The summed E-state index contributed by atoms with van der Waals surface area (Å²) in [7, 11) is 1.56. The summed E-state index contributed by atoms with van der Waals surface area (Å²) >= 11 is 5.29. The lowest BCUT2D eigenvalue weighted by Crippen LogP contribution is -2.09. The molecular formula is C15H13ClF3NO4. The SMILES string of the molecule is COc1ccc(OCC(=O)O)cc1.FC(F)(F)c1cncc(Cl)c1. The molecule has 1 heterocycles. The zero-order valence-electron chi connectivity index (χ0n) is 12.4. The van der Waals surface area contributed by atoms with Crippen LogP contribution in [-0.2, 0) is 11.0 Å². The Bertz CT molecular complexity index is 663. The monoisotopic (exact) mass is 363 g/mol.